The van der Waals surface area contributed by atoms with Crippen LogP contribution in [-0.4, -0.2) is 41.7 Å². The first kappa shape index (κ1) is 22.7. The molecular formula is C21H21ClN8O2S. The summed E-state index contributed by atoms with van der Waals surface area (Å²) in [6.07, 6.45) is 5.94. The number of halogens is 1. The second kappa shape index (κ2) is 8.83. The molecule has 33 heavy (non-hydrogen) atoms. The molecule has 0 fully saturated rings. The Labute approximate surface area is 198 Å². The molecule has 0 spiro atoms. The van der Waals surface area contributed by atoms with Crippen LogP contribution in [0.3, 0.4) is 0 Å². The van der Waals surface area contributed by atoms with Gasteiger partial charge in [0.2, 0.25) is 5.95 Å². The third kappa shape index (κ3) is 4.83. The topological polar surface area (TPSA) is 138 Å². The SMILES string of the molecule is CC(NC(=O)c1ncnc2[nH]ccc12)c1ncc(C(=O)Nc2ncc(Cl)c(C(C)(C)C)n2)s1. The Morgan fingerprint density at radius 2 is 1.91 bits per heavy atom. The molecule has 1 unspecified atom stereocenters. The van der Waals surface area contributed by atoms with E-state index in [4.69, 9.17) is 11.6 Å². The van der Waals surface area contributed by atoms with E-state index in [1.54, 1.807) is 19.2 Å². The molecular weight excluding hydrogens is 464 g/mol. The Morgan fingerprint density at radius 1 is 1.12 bits per heavy atom. The predicted molar refractivity (Wildman–Crippen MR) is 126 cm³/mol. The Bertz CT molecular complexity index is 1340. The van der Waals surface area contributed by atoms with Crippen molar-refractivity contribution in [1.82, 2.24) is 35.2 Å². The van der Waals surface area contributed by atoms with Crippen LogP contribution in [0.2, 0.25) is 5.02 Å². The second-order valence-electron chi connectivity index (χ2n) is 8.31. The van der Waals surface area contributed by atoms with E-state index >= 15 is 0 Å². The molecule has 4 rings (SSSR count). The highest BCUT2D eigenvalue weighted by Gasteiger charge is 2.23. The van der Waals surface area contributed by atoms with Gasteiger partial charge in [0.25, 0.3) is 11.8 Å². The fourth-order valence-electron chi connectivity index (χ4n) is 3.09. The minimum Gasteiger partial charge on any atom is -0.346 e. The van der Waals surface area contributed by atoms with Crippen molar-refractivity contribution in [2.45, 2.75) is 39.2 Å². The van der Waals surface area contributed by atoms with Gasteiger partial charge in [-0.2, -0.15) is 0 Å². The van der Waals surface area contributed by atoms with Crippen LogP contribution in [0.25, 0.3) is 11.0 Å². The third-order valence-corrected chi connectivity index (χ3v) is 6.17. The molecule has 0 aliphatic carbocycles. The summed E-state index contributed by atoms with van der Waals surface area (Å²) in [5, 5.41) is 7.17. The molecule has 170 valence electrons. The van der Waals surface area contributed by atoms with E-state index in [-0.39, 0.29) is 23.0 Å². The number of hydrogen-bond acceptors (Lipinski definition) is 8. The van der Waals surface area contributed by atoms with Gasteiger partial charge in [0.15, 0.2) is 0 Å². The first-order chi connectivity index (χ1) is 15.6. The lowest BCUT2D eigenvalue weighted by atomic mass is 9.92. The smallest absolute Gasteiger partial charge is 0.271 e. The summed E-state index contributed by atoms with van der Waals surface area (Å²) >= 11 is 7.36. The van der Waals surface area contributed by atoms with Crippen molar-refractivity contribution >= 4 is 51.7 Å². The molecule has 10 nitrogen and oxygen atoms in total. The number of H-pyrrole nitrogens is 1. The zero-order valence-corrected chi connectivity index (χ0v) is 19.9. The quantitative estimate of drug-likeness (QED) is 0.390. The normalized spacial score (nSPS) is 12.5. The van der Waals surface area contributed by atoms with Gasteiger partial charge in [-0.3, -0.25) is 14.9 Å². The average molecular weight is 485 g/mol. The highest BCUT2D eigenvalue weighted by molar-refractivity contribution is 7.13. The van der Waals surface area contributed by atoms with Crippen molar-refractivity contribution in [3.05, 3.63) is 57.3 Å². The van der Waals surface area contributed by atoms with Crippen molar-refractivity contribution in [2.24, 2.45) is 0 Å². The third-order valence-electron chi connectivity index (χ3n) is 4.71. The number of thiazole rings is 1. The Balaban J connectivity index is 1.46. The maximum absolute atomic E-state index is 12.7. The van der Waals surface area contributed by atoms with E-state index in [1.807, 2.05) is 20.8 Å². The zero-order valence-electron chi connectivity index (χ0n) is 18.3. The van der Waals surface area contributed by atoms with Crippen LogP contribution in [0.15, 0.2) is 31.0 Å². The minimum absolute atomic E-state index is 0.157. The van der Waals surface area contributed by atoms with Crippen molar-refractivity contribution < 1.29 is 9.59 Å². The van der Waals surface area contributed by atoms with Gasteiger partial charge >= 0.3 is 0 Å². The van der Waals surface area contributed by atoms with Gasteiger partial charge in [0, 0.05) is 11.6 Å². The molecule has 4 aromatic heterocycles. The molecule has 12 heteroatoms. The molecule has 0 bridgehead atoms. The molecule has 0 saturated carbocycles. The number of aromatic amines is 1. The zero-order chi connectivity index (χ0) is 23.8. The number of amides is 2. The van der Waals surface area contributed by atoms with E-state index in [1.165, 1.54) is 30.1 Å². The summed E-state index contributed by atoms with van der Waals surface area (Å²) in [6, 6.07) is 1.30. The van der Waals surface area contributed by atoms with Crippen molar-refractivity contribution in [1.29, 1.82) is 0 Å². The molecule has 0 radical (unpaired) electrons. The number of carbonyl (C=O) groups is 2. The largest absolute Gasteiger partial charge is 0.346 e. The van der Waals surface area contributed by atoms with Gasteiger partial charge < -0.3 is 10.3 Å². The number of nitrogens with one attached hydrogen (secondary N) is 3. The highest BCUT2D eigenvalue weighted by Crippen LogP contribution is 2.28. The van der Waals surface area contributed by atoms with Gasteiger partial charge in [-0.05, 0) is 13.0 Å². The van der Waals surface area contributed by atoms with Crippen LogP contribution < -0.4 is 10.6 Å². The molecule has 0 aliphatic heterocycles. The molecule has 0 aliphatic rings. The van der Waals surface area contributed by atoms with E-state index in [0.29, 0.717) is 31.6 Å². The molecule has 1 atom stereocenters. The first-order valence-electron chi connectivity index (χ1n) is 10.0. The van der Waals surface area contributed by atoms with Crippen LogP contribution in [0.5, 0.6) is 0 Å². The summed E-state index contributed by atoms with van der Waals surface area (Å²) in [7, 11) is 0. The Morgan fingerprint density at radius 3 is 2.67 bits per heavy atom. The number of aromatic nitrogens is 6. The van der Waals surface area contributed by atoms with Gasteiger partial charge in [0.1, 0.15) is 27.6 Å². The number of hydrogen-bond donors (Lipinski definition) is 3. The van der Waals surface area contributed by atoms with Gasteiger partial charge in [-0.25, -0.2) is 24.9 Å². The monoisotopic (exact) mass is 484 g/mol. The second-order valence-corrected chi connectivity index (χ2v) is 9.78. The summed E-state index contributed by atoms with van der Waals surface area (Å²) in [5.41, 5.74) is 1.17. The minimum atomic E-state index is -0.438. The number of nitrogens with zero attached hydrogens (tertiary/aromatic N) is 5. The summed E-state index contributed by atoms with van der Waals surface area (Å²) in [6.45, 7) is 7.70. The number of carbonyl (C=O) groups excluding carboxylic acids is 2. The van der Waals surface area contributed by atoms with Crippen molar-refractivity contribution in [3.8, 4) is 0 Å². The average Bonchev–Trinajstić information content (AvgIpc) is 3.43. The lowest BCUT2D eigenvalue weighted by Gasteiger charge is -2.19. The van der Waals surface area contributed by atoms with Crippen LogP contribution >= 0.6 is 22.9 Å². The van der Waals surface area contributed by atoms with Crippen molar-refractivity contribution in [2.75, 3.05) is 5.32 Å². The fraction of sp³-hybridized carbons (Fsp3) is 0.286. The Kier molecular flexibility index (Phi) is 6.09. The number of anilines is 1. The lowest BCUT2D eigenvalue weighted by molar-refractivity contribution is 0.0936. The molecule has 4 heterocycles. The maximum Gasteiger partial charge on any atom is 0.271 e. The standard InChI is InChI=1S/C21H21ClN8O2S/c1-10(28-18(32)14-11-5-6-23-16(11)27-9-26-14)19-24-8-13(33-19)17(31)30-20-25-7-12(22)15(29-20)21(2,3)4/h5-10H,1-4H3,(H,28,32)(H,23,26,27)(H,25,29,30,31). The Hall–Kier alpha value is -3.44. The van der Waals surface area contributed by atoms with Crippen LogP contribution in [-0.2, 0) is 5.41 Å². The van der Waals surface area contributed by atoms with E-state index in [9.17, 15) is 9.59 Å². The molecule has 0 saturated heterocycles. The molecule has 0 aromatic carbocycles. The molecule has 3 N–H and O–H groups in total. The predicted octanol–water partition coefficient (Wildman–Crippen LogP) is 3.90. The molecule has 2 amide bonds. The van der Waals surface area contributed by atoms with Gasteiger partial charge in [-0.1, -0.05) is 32.4 Å². The summed E-state index contributed by atoms with van der Waals surface area (Å²) in [4.78, 5) is 49.7. The number of fused-ring (bicyclic) bond motifs is 1. The van der Waals surface area contributed by atoms with Gasteiger partial charge in [-0.15, -0.1) is 11.3 Å². The first-order valence-corrected chi connectivity index (χ1v) is 11.2. The van der Waals surface area contributed by atoms with Crippen LogP contribution in [0.4, 0.5) is 5.95 Å². The summed E-state index contributed by atoms with van der Waals surface area (Å²) in [5.74, 6) is -0.603. The van der Waals surface area contributed by atoms with E-state index < -0.39 is 11.9 Å². The van der Waals surface area contributed by atoms with E-state index in [2.05, 4.69) is 40.5 Å². The fourth-order valence-corrected chi connectivity index (χ4v) is 4.28. The lowest BCUT2D eigenvalue weighted by Crippen LogP contribution is -2.27. The summed E-state index contributed by atoms with van der Waals surface area (Å²) < 4.78 is 0. The van der Waals surface area contributed by atoms with Crippen LogP contribution in [0, 0.1) is 0 Å². The van der Waals surface area contributed by atoms with Gasteiger partial charge in [0.05, 0.1) is 34.5 Å². The number of rotatable bonds is 5. The van der Waals surface area contributed by atoms with E-state index in [0.717, 1.165) is 0 Å². The van der Waals surface area contributed by atoms with Crippen LogP contribution in [0.1, 0.15) is 64.6 Å². The van der Waals surface area contributed by atoms with Crippen molar-refractivity contribution in [3.63, 3.8) is 0 Å². The maximum atomic E-state index is 12.7. The highest BCUT2D eigenvalue weighted by atomic mass is 35.5. The molecule has 4 aromatic rings.